The van der Waals surface area contributed by atoms with Gasteiger partial charge in [-0.05, 0) is 18.2 Å². The molecule has 3 nitrogen and oxygen atoms in total. The van der Waals surface area contributed by atoms with E-state index in [9.17, 15) is 4.79 Å². The van der Waals surface area contributed by atoms with E-state index < -0.39 is 5.91 Å². The minimum atomic E-state index is -0.403. The molecule has 0 aliphatic carbocycles. The number of hydrogen-bond acceptors (Lipinski definition) is 1. The quantitative estimate of drug-likeness (QED) is 0.830. The molecule has 1 aromatic carbocycles. The zero-order chi connectivity index (χ0) is 10.3. The van der Waals surface area contributed by atoms with Crippen LogP contribution in [0.1, 0.15) is 10.5 Å². The van der Waals surface area contributed by atoms with Gasteiger partial charge in [0.2, 0.25) is 0 Å². The van der Waals surface area contributed by atoms with E-state index in [4.69, 9.17) is 5.73 Å². The smallest absolute Gasteiger partial charge is 0.265 e. The second-order valence-corrected chi connectivity index (χ2v) is 4.07. The highest BCUT2D eigenvalue weighted by molar-refractivity contribution is 9.10. The number of halogens is 1. The Kier molecular flexibility index (Phi) is 2.07. The minimum Gasteiger partial charge on any atom is -0.364 e. The topological polar surface area (TPSA) is 48.0 Å². The standard InChI is InChI=1S/C10H9BrN2O/c1-13-8-5-7(11)3-2-6(8)4-9(13)10(12)14/h2-5H,1H3,(H2,12,14). The molecule has 0 saturated heterocycles. The van der Waals surface area contributed by atoms with Crippen LogP contribution in [0.2, 0.25) is 0 Å². The SMILES string of the molecule is Cn1c(C(N)=O)cc2ccc(Br)cc21. The lowest BCUT2D eigenvalue weighted by atomic mass is 10.2. The number of carbonyl (C=O) groups excluding carboxylic acids is 1. The molecule has 2 rings (SSSR count). The second-order valence-electron chi connectivity index (χ2n) is 3.16. The van der Waals surface area contributed by atoms with Crippen LogP contribution in [-0.2, 0) is 7.05 Å². The van der Waals surface area contributed by atoms with Crippen LogP contribution in [0, 0.1) is 0 Å². The van der Waals surface area contributed by atoms with Crippen molar-refractivity contribution in [3.05, 3.63) is 34.4 Å². The molecule has 72 valence electrons. The van der Waals surface area contributed by atoms with Crippen LogP contribution in [0.3, 0.4) is 0 Å². The summed E-state index contributed by atoms with van der Waals surface area (Å²) >= 11 is 3.38. The van der Waals surface area contributed by atoms with Gasteiger partial charge < -0.3 is 10.3 Å². The maximum absolute atomic E-state index is 11.1. The third kappa shape index (κ3) is 1.32. The van der Waals surface area contributed by atoms with Crippen molar-refractivity contribution in [1.29, 1.82) is 0 Å². The number of nitrogens with zero attached hydrogens (tertiary/aromatic N) is 1. The Labute approximate surface area is 89.6 Å². The lowest BCUT2D eigenvalue weighted by molar-refractivity contribution is 0.0993. The number of aromatic nitrogens is 1. The van der Waals surface area contributed by atoms with Crippen molar-refractivity contribution in [2.24, 2.45) is 12.8 Å². The van der Waals surface area contributed by atoms with Gasteiger partial charge in [-0.2, -0.15) is 0 Å². The minimum absolute atomic E-state index is 0.403. The molecule has 1 aromatic heterocycles. The highest BCUT2D eigenvalue weighted by atomic mass is 79.9. The summed E-state index contributed by atoms with van der Waals surface area (Å²) < 4.78 is 2.78. The van der Waals surface area contributed by atoms with Crippen molar-refractivity contribution in [2.75, 3.05) is 0 Å². The maximum atomic E-state index is 11.1. The summed E-state index contributed by atoms with van der Waals surface area (Å²) in [6.07, 6.45) is 0. The maximum Gasteiger partial charge on any atom is 0.265 e. The van der Waals surface area contributed by atoms with E-state index >= 15 is 0 Å². The Morgan fingerprint density at radius 2 is 2.14 bits per heavy atom. The van der Waals surface area contributed by atoms with Gasteiger partial charge in [-0.1, -0.05) is 22.0 Å². The van der Waals surface area contributed by atoms with Gasteiger partial charge >= 0.3 is 0 Å². The van der Waals surface area contributed by atoms with Crippen molar-refractivity contribution in [1.82, 2.24) is 4.57 Å². The molecule has 0 atom stereocenters. The van der Waals surface area contributed by atoms with E-state index in [1.54, 1.807) is 10.6 Å². The molecule has 0 aliphatic rings. The molecule has 0 fully saturated rings. The first-order chi connectivity index (χ1) is 6.59. The highest BCUT2D eigenvalue weighted by Gasteiger charge is 2.09. The Bertz CT molecular complexity index is 516. The van der Waals surface area contributed by atoms with Gasteiger partial charge in [0.25, 0.3) is 5.91 Å². The zero-order valence-corrected chi connectivity index (χ0v) is 9.21. The van der Waals surface area contributed by atoms with Gasteiger partial charge in [0, 0.05) is 22.4 Å². The summed E-state index contributed by atoms with van der Waals surface area (Å²) in [5, 5.41) is 1.02. The summed E-state index contributed by atoms with van der Waals surface area (Å²) in [5.74, 6) is -0.403. The molecule has 0 aliphatic heterocycles. The monoisotopic (exact) mass is 252 g/mol. The number of aryl methyl sites for hydroxylation is 1. The van der Waals surface area contributed by atoms with Crippen LogP contribution < -0.4 is 5.73 Å². The van der Waals surface area contributed by atoms with Gasteiger partial charge in [-0.3, -0.25) is 4.79 Å². The predicted molar refractivity (Wildman–Crippen MR) is 59.1 cm³/mol. The van der Waals surface area contributed by atoms with Crippen LogP contribution in [0.15, 0.2) is 28.7 Å². The third-order valence-electron chi connectivity index (χ3n) is 2.26. The normalized spacial score (nSPS) is 10.7. The van der Waals surface area contributed by atoms with Crippen molar-refractivity contribution >= 4 is 32.7 Å². The van der Waals surface area contributed by atoms with Crippen molar-refractivity contribution in [2.45, 2.75) is 0 Å². The first-order valence-corrected chi connectivity index (χ1v) is 4.93. The van der Waals surface area contributed by atoms with Crippen LogP contribution in [-0.4, -0.2) is 10.5 Å². The van der Waals surface area contributed by atoms with Crippen molar-refractivity contribution in [3.8, 4) is 0 Å². The lowest BCUT2D eigenvalue weighted by Crippen LogP contribution is -2.14. The lowest BCUT2D eigenvalue weighted by Gasteiger charge is -1.99. The highest BCUT2D eigenvalue weighted by Crippen LogP contribution is 2.22. The van der Waals surface area contributed by atoms with Gasteiger partial charge in [0.15, 0.2) is 0 Å². The number of amides is 1. The van der Waals surface area contributed by atoms with Crippen LogP contribution >= 0.6 is 15.9 Å². The van der Waals surface area contributed by atoms with Crippen LogP contribution in [0.4, 0.5) is 0 Å². The van der Waals surface area contributed by atoms with E-state index in [2.05, 4.69) is 15.9 Å². The fourth-order valence-corrected chi connectivity index (χ4v) is 1.89. The molecule has 2 N–H and O–H groups in total. The predicted octanol–water partition coefficient (Wildman–Crippen LogP) is 2.04. The first kappa shape index (κ1) is 9.27. The summed E-state index contributed by atoms with van der Waals surface area (Å²) in [6, 6.07) is 7.64. The summed E-state index contributed by atoms with van der Waals surface area (Å²) in [6.45, 7) is 0. The Balaban J connectivity index is 2.80. The second kappa shape index (κ2) is 3.13. The number of nitrogens with two attached hydrogens (primary N) is 1. The molecule has 4 heteroatoms. The molecule has 14 heavy (non-hydrogen) atoms. The molecule has 0 unspecified atom stereocenters. The largest absolute Gasteiger partial charge is 0.364 e. The molecule has 1 amide bonds. The third-order valence-corrected chi connectivity index (χ3v) is 2.75. The van der Waals surface area contributed by atoms with Gasteiger partial charge in [0.1, 0.15) is 5.69 Å². The summed E-state index contributed by atoms with van der Waals surface area (Å²) in [7, 11) is 1.83. The van der Waals surface area contributed by atoms with Crippen LogP contribution in [0.25, 0.3) is 10.9 Å². The average molecular weight is 253 g/mol. The average Bonchev–Trinajstić information content (AvgIpc) is 2.44. The van der Waals surface area contributed by atoms with Gasteiger partial charge in [-0.15, -0.1) is 0 Å². The van der Waals surface area contributed by atoms with Gasteiger partial charge in [0.05, 0.1) is 0 Å². The van der Waals surface area contributed by atoms with E-state index in [0.29, 0.717) is 5.69 Å². The summed E-state index contributed by atoms with van der Waals surface area (Å²) in [5.41, 5.74) is 6.76. The molecule has 2 aromatic rings. The van der Waals surface area contributed by atoms with E-state index in [1.807, 2.05) is 25.2 Å². The first-order valence-electron chi connectivity index (χ1n) is 4.14. The number of primary amides is 1. The van der Waals surface area contributed by atoms with Crippen molar-refractivity contribution < 1.29 is 4.79 Å². The number of benzene rings is 1. The molecule has 0 spiro atoms. The Morgan fingerprint density at radius 1 is 1.43 bits per heavy atom. The molecule has 0 radical (unpaired) electrons. The Hall–Kier alpha value is -1.29. The van der Waals surface area contributed by atoms with E-state index in [-0.39, 0.29) is 0 Å². The van der Waals surface area contributed by atoms with Gasteiger partial charge in [-0.25, -0.2) is 0 Å². The molecular weight excluding hydrogens is 244 g/mol. The fourth-order valence-electron chi connectivity index (χ4n) is 1.54. The fraction of sp³-hybridized carbons (Fsp3) is 0.100. The van der Waals surface area contributed by atoms with Crippen molar-refractivity contribution in [3.63, 3.8) is 0 Å². The van der Waals surface area contributed by atoms with E-state index in [0.717, 1.165) is 15.4 Å². The van der Waals surface area contributed by atoms with E-state index in [1.165, 1.54) is 0 Å². The van der Waals surface area contributed by atoms with Crippen LogP contribution in [0.5, 0.6) is 0 Å². The Morgan fingerprint density at radius 3 is 2.79 bits per heavy atom. The summed E-state index contributed by atoms with van der Waals surface area (Å²) in [4.78, 5) is 11.1. The molecule has 0 bridgehead atoms. The molecule has 0 saturated carbocycles. The molecule has 1 heterocycles. The number of hydrogen-bond donors (Lipinski definition) is 1. The number of rotatable bonds is 1. The molecular formula is C10H9BrN2O. The zero-order valence-electron chi connectivity index (χ0n) is 7.62. The number of fused-ring (bicyclic) bond motifs is 1. The number of carbonyl (C=O) groups is 1.